The fourth-order valence-corrected chi connectivity index (χ4v) is 3.53. The standard InChI is InChI=1S/C15H29NO/c1-2-16-15(12-14-10-7-11-17-14)13-8-5-3-4-6-9-13/h13-16H,2-12H2,1H3. The van der Waals surface area contributed by atoms with Crippen molar-refractivity contribution in [2.45, 2.75) is 76.9 Å². The molecule has 2 nitrogen and oxygen atoms in total. The van der Waals surface area contributed by atoms with Crippen molar-refractivity contribution < 1.29 is 4.74 Å². The van der Waals surface area contributed by atoms with Crippen LogP contribution in [0.5, 0.6) is 0 Å². The molecule has 0 amide bonds. The van der Waals surface area contributed by atoms with Gasteiger partial charge in [0.2, 0.25) is 0 Å². The molecule has 1 aliphatic heterocycles. The molecule has 2 atom stereocenters. The number of rotatable bonds is 5. The van der Waals surface area contributed by atoms with Gasteiger partial charge in [0, 0.05) is 12.6 Å². The zero-order valence-corrected chi connectivity index (χ0v) is 11.4. The average Bonchev–Trinajstić information content (AvgIpc) is 2.69. The first-order valence-electron chi connectivity index (χ1n) is 7.75. The van der Waals surface area contributed by atoms with Crippen LogP contribution in [0, 0.1) is 5.92 Å². The van der Waals surface area contributed by atoms with Gasteiger partial charge in [0.25, 0.3) is 0 Å². The van der Waals surface area contributed by atoms with Gasteiger partial charge in [0.05, 0.1) is 6.10 Å². The third-order valence-corrected chi connectivity index (χ3v) is 4.48. The van der Waals surface area contributed by atoms with Crippen LogP contribution in [-0.2, 0) is 4.74 Å². The van der Waals surface area contributed by atoms with E-state index in [4.69, 9.17) is 4.74 Å². The van der Waals surface area contributed by atoms with Crippen molar-refractivity contribution in [2.75, 3.05) is 13.2 Å². The normalized spacial score (nSPS) is 29.1. The summed E-state index contributed by atoms with van der Waals surface area (Å²) in [4.78, 5) is 0. The minimum Gasteiger partial charge on any atom is -0.378 e. The van der Waals surface area contributed by atoms with Crippen molar-refractivity contribution in [1.29, 1.82) is 0 Å². The van der Waals surface area contributed by atoms with Gasteiger partial charge in [-0.2, -0.15) is 0 Å². The molecule has 2 heteroatoms. The van der Waals surface area contributed by atoms with Gasteiger partial charge >= 0.3 is 0 Å². The third kappa shape index (κ3) is 4.26. The van der Waals surface area contributed by atoms with Gasteiger partial charge in [-0.1, -0.05) is 32.6 Å². The van der Waals surface area contributed by atoms with Crippen LogP contribution in [0.4, 0.5) is 0 Å². The van der Waals surface area contributed by atoms with E-state index >= 15 is 0 Å². The first-order chi connectivity index (χ1) is 8.40. The topological polar surface area (TPSA) is 21.3 Å². The van der Waals surface area contributed by atoms with Gasteiger partial charge in [-0.3, -0.25) is 0 Å². The lowest BCUT2D eigenvalue weighted by molar-refractivity contribution is 0.0854. The Labute approximate surface area is 107 Å². The molecule has 100 valence electrons. The Balaban J connectivity index is 1.84. The zero-order valence-electron chi connectivity index (χ0n) is 11.4. The Morgan fingerprint density at radius 3 is 2.41 bits per heavy atom. The second-order valence-corrected chi connectivity index (χ2v) is 5.79. The second kappa shape index (κ2) is 7.38. The molecule has 1 N–H and O–H groups in total. The molecule has 1 saturated heterocycles. The molecule has 0 aromatic rings. The van der Waals surface area contributed by atoms with E-state index in [0.717, 1.165) is 19.1 Å². The van der Waals surface area contributed by atoms with Crippen LogP contribution in [0.3, 0.4) is 0 Å². The third-order valence-electron chi connectivity index (χ3n) is 4.48. The predicted octanol–water partition coefficient (Wildman–Crippen LogP) is 3.50. The molecule has 0 aromatic heterocycles. The van der Waals surface area contributed by atoms with Crippen LogP contribution in [0.2, 0.25) is 0 Å². The van der Waals surface area contributed by atoms with E-state index in [0.29, 0.717) is 12.1 Å². The van der Waals surface area contributed by atoms with Crippen LogP contribution < -0.4 is 5.32 Å². The first kappa shape index (κ1) is 13.4. The molecule has 2 rings (SSSR count). The van der Waals surface area contributed by atoms with E-state index in [9.17, 15) is 0 Å². The Bertz CT molecular complexity index is 193. The SMILES string of the molecule is CCNC(CC1CCCO1)C1CCCCCC1. The molecule has 0 spiro atoms. The van der Waals surface area contributed by atoms with Crippen molar-refractivity contribution in [3.63, 3.8) is 0 Å². The van der Waals surface area contributed by atoms with Crippen LogP contribution in [-0.4, -0.2) is 25.3 Å². The molecule has 1 saturated carbocycles. The Hall–Kier alpha value is -0.0800. The fraction of sp³-hybridized carbons (Fsp3) is 1.00. The van der Waals surface area contributed by atoms with Crippen LogP contribution in [0.15, 0.2) is 0 Å². The Kier molecular flexibility index (Phi) is 5.79. The smallest absolute Gasteiger partial charge is 0.0590 e. The number of nitrogens with one attached hydrogen (secondary N) is 1. The number of ether oxygens (including phenoxy) is 1. The summed E-state index contributed by atoms with van der Waals surface area (Å²) in [5.41, 5.74) is 0. The minimum atomic E-state index is 0.544. The maximum Gasteiger partial charge on any atom is 0.0590 e. The molecule has 17 heavy (non-hydrogen) atoms. The molecule has 2 fully saturated rings. The Morgan fingerprint density at radius 2 is 1.82 bits per heavy atom. The fourth-order valence-electron chi connectivity index (χ4n) is 3.53. The molecule has 2 aliphatic rings. The van der Waals surface area contributed by atoms with Crippen LogP contribution in [0.25, 0.3) is 0 Å². The maximum atomic E-state index is 5.81. The summed E-state index contributed by atoms with van der Waals surface area (Å²) in [7, 11) is 0. The quantitative estimate of drug-likeness (QED) is 0.741. The summed E-state index contributed by atoms with van der Waals surface area (Å²) in [5.74, 6) is 0.904. The van der Waals surface area contributed by atoms with Gasteiger partial charge in [-0.25, -0.2) is 0 Å². The van der Waals surface area contributed by atoms with Crippen LogP contribution in [0.1, 0.15) is 64.7 Å². The van der Waals surface area contributed by atoms with E-state index in [1.165, 1.54) is 57.8 Å². The molecule has 2 unspecified atom stereocenters. The van der Waals surface area contributed by atoms with Gasteiger partial charge < -0.3 is 10.1 Å². The summed E-state index contributed by atoms with van der Waals surface area (Å²) < 4.78 is 5.81. The monoisotopic (exact) mass is 239 g/mol. The van der Waals surface area contributed by atoms with Gasteiger partial charge in [-0.05, 0) is 44.6 Å². The van der Waals surface area contributed by atoms with Gasteiger partial charge in [-0.15, -0.1) is 0 Å². The summed E-state index contributed by atoms with van der Waals surface area (Å²) in [6.45, 7) is 4.33. The average molecular weight is 239 g/mol. The largest absolute Gasteiger partial charge is 0.378 e. The lowest BCUT2D eigenvalue weighted by Crippen LogP contribution is -2.38. The van der Waals surface area contributed by atoms with Crippen molar-refractivity contribution in [1.82, 2.24) is 5.32 Å². The first-order valence-corrected chi connectivity index (χ1v) is 7.75. The highest BCUT2D eigenvalue weighted by atomic mass is 16.5. The van der Waals surface area contributed by atoms with Crippen molar-refractivity contribution in [3.8, 4) is 0 Å². The summed E-state index contributed by atoms with van der Waals surface area (Å²) >= 11 is 0. The lowest BCUT2D eigenvalue weighted by Gasteiger charge is -2.29. The molecule has 0 bridgehead atoms. The lowest BCUT2D eigenvalue weighted by atomic mass is 9.88. The number of hydrogen-bond donors (Lipinski definition) is 1. The van der Waals surface area contributed by atoms with E-state index in [2.05, 4.69) is 12.2 Å². The predicted molar refractivity (Wildman–Crippen MR) is 72.2 cm³/mol. The highest BCUT2D eigenvalue weighted by Crippen LogP contribution is 2.29. The van der Waals surface area contributed by atoms with E-state index in [1.54, 1.807) is 0 Å². The van der Waals surface area contributed by atoms with Crippen LogP contribution >= 0.6 is 0 Å². The highest BCUT2D eigenvalue weighted by Gasteiger charge is 2.26. The second-order valence-electron chi connectivity index (χ2n) is 5.79. The maximum absolute atomic E-state index is 5.81. The molecule has 1 aliphatic carbocycles. The summed E-state index contributed by atoms with van der Waals surface area (Å²) in [6.07, 6.45) is 13.0. The molecular weight excluding hydrogens is 210 g/mol. The molecule has 0 aromatic carbocycles. The molecular formula is C15H29NO. The minimum absolute atomic E-state index is 0.544. The molecule has 0 radical (unpaired) electrons. The van der Waals surface area contributed by atoms with Crippen molar-refractivity contribution >= 4 is 0 Å². The Morgan fingerprint density at radius 1 is 1.06 bits per heavy atom. The van der Waals surface area contributed by atoms with Crippen molar-refractivity contribution in [3.05, 3.63) is 0 Å². The van der Waals surface area contributed by atoms with E-state index in [-0.39, 0.29) is 0 Å². The highest BCUT2D eigenvalue weighted by molar-refractivity contribution is 4.82. The number of hydrogen-bond acceptors (Lipinski definition) is 2. The zero-order chi connectivity index (χ0) is 11.9. The summed E-state index contributed by atoms with van der Waals surface area (Å²) in [5, 5.41) is 3.73. The summed E-state index contributed by atoms with van der Waals surface area (Å²) in [6, 6.07) is 0.709. The van der Waals surface area contributed by atoms with Gasteiger partial charge in [0.1, 0.15) is 0 Å². The van der Waals surface area contributed by atoms with E-state index in [1.807, 2.05) is 0 Å². The molecule has 1 heterocycles. The van der Waals surface area contributed by atoms with Gasteiger partial charge in [0.15, 0.2) is 0 Å². The van der Waals surface area contributed by atoms with Crippen molar-refractivity contribution in [2.24, 2.45) is 5.92 Å². The van der Waals surface area contributed by atoms with E-state index < -0.39 is 0 Å².